The normalized spacial score (nSPS) is 19.5. The molecular weight excluding hydrogens is 250 g/mol. The predicted molar refractivity (Wildman–Crippen MR) is 80.5 cm³/mol. The molecule has 0 radical (unpaired) electrons. The lowest BCUT2D eigenvalue weighted by Gasteiger charge is -2.30. The molecule has 1 amide bonds. The number of hydrogen-bond donors (Lipinski definition) is 2. The summed E-state index contributed by atoms with van der Waals surface area (Å²) < 4.78 is 0. The number of nitrogens with one attached hydrogen (secondary N) is 1. The van der Waals surface area contributed by atoms with E-state index in [1.54, 1.807) is 0 Å². The Balaban J connectivity index is 1.74. The van der Waals surface area contributed by atoms with Crippen LogP contribution in [0.25, 0.3) is 0 Å². The number of nitrogens with zero attached hydrogens (tertiary/aromatic N) is 1. The third-order valence-electron chi connectivity index (χ3n) is 4.13. The van der Waals surface area contributed by atoms with Gasteiger partial charge in [-0.15, -0.1) is 0 Å². The minimum atomic E-state index is -0.105. The first kappa shape index (κ1) is 13.4. The van der Waals surface area contributed by atoms with Crippen molar-refractivity contribution in [2.75, 3.05) is 4.90 Å². The molecule has 1 aromatic rings. The smallest absolute Gasteiger partial charge is 0.242 e. The van der Waals surface area contributed by atoms with Crippen LogP contribution in [0.1, 0.15) is 38.2 Å². The molecule has 4 heteroatoms. The van der Waals surface area contributed by atoms with Crippen LogP contribution >= 0.6 is 0 Å². The van der Waals surface area contributed by atoms with Crippen LogP contribution in [0.15, 0.2) is 24.3 Å². The van der Waals surface area contributed by atoms with Gasteiger partial charge in [0.05, 0.1) is 0 Å². The summed E-state index contributed by atoms with van der Waals surface area (Å²) in [6.07, 6.45) is 4.62. The van der Waals surface area contributed by atoms with E-state index in [-0.39, 0.29) is 11.9 Å². The van der Waals surface area contributed by atoms with Gasteiger partial charge >= 0.3 is 0 Å². The molecule has 108 valence electrons. The second kappa shape index (κ2) is 5.44. The van der Waals surface area contributed by atoms with Crippen molar-refractivity contribution >= 4 is 11.6 Å². The number of benzene rings is 1. The fourth-order valence-corrected chi connectivity index (χ4v) is 2.58. The van der Waals surface area contributed by atoms with Gasteiger partial charge in [-0.05, 0) is 50.3 Å². The Morgan fingerprint density at radius 2 is 1.95 bits per heavy atom. The molecule has 0 heterocycles. The summed E-state index contributed by atoms with van der Waals surface area (Å²) in [5, 5.41) is 3.11. The number of rotatable bonds is 6. The quantitative estimate of drug-likeness (QED) is 0.830. The third-order valence-corrected chi connectivity index (χ3v) is 4.13. The molecule has 20 heavy (non-hydrogen) atoms. The minimum absolute atomic E-state index is 0.105. The number of nitrogens with two attached hydrogens (primary N) is 1. The van der Waals surface area contributed by atoms with Crippen LogP contribution < -0.4 is 16.0 Å². The summed E-state index contributed by atoms with van der Waals surface area (Å²) in [7, 11) is 0. The second-order valence-electron chi connectivity index (χ2n) is 5.97. The van der Waals surface area contributed by atoms with Crippen LogP contribution in [0.5, 0.6) is 0 Å². The monoisotopic (exact) mass is 273 g/mol. The maximum Gasteiger partial charge on any atom is 0.242 e. The highest BCUT2D eigenvalue weighted by molar-refractivity contribution is 5.85. The summed E-state index contributed by atoms with van der Waals surface area (Å²) in [6, 6.07) is 9.10. The van der Waals surface area contributed by atoms with Gasteiger partial charge in [-0.1, -0.05) is 12.1 Å². The Morgan fingerprint density at radius 1 is 1.30 bits per heavy atom. The molecule has 2 aliphatic rings. The summed E-state index contributed by atoms with van der Waals surface area (Å²) >= 11 is 0. The van der Waals surface area contributed by atoms with Crippen molar-refractivity contribution in [2.24, 2.45) is 5.73 Å². The van der Waals surface area contributed by atoms with Crippen molar-refractivity contribution in [1.29, 1.82) is 0 Å². The number of amides is 1. The van der Waals surface area contributed by atoms with E-state index in [1.165, 1.54) is 12.8 Å². The van der Waals surface area contributed by atoms with Crippen LogP contribution in [0, 0.1) is 0 Å². The standard InChI is InChI=1S/C16H23N3O/c1-11(16(20)18-13-4-5-13)19(15-8-9-15)14-6-2-12(10-17)3-7-14/h2-3,6-7,11,13,15H,4-5,8-10,17H2,1H3,(H,18,20). The lowest BCUT2D eigenvalue weighted by Crippen LogP contribution is -2.47. The van der Waals surface area contributed by atoms with E-state index in [9.17, 15) is 4.79 Å². The van der Waals surface area contributed by atoms with Crippen molar-refractivity contribution in [3.63, 3.8) is 0 Å². The van der Waals surface area contributed by atoms with Crippen LogP contribution in [-0.2, 0) is 11.3 Å². The van der Waals surface area contributed by atoms with E-state index in [2.05, 4.69) is 34.5 Å². The van der Waals surface area contributed by atoms with Crippen molar-refractivity contribution in [3.8, 4) is 0 Å². The predicted octanol–water partition coefficient (Wildman–Crippen LogP) is 1.78. The molecule has 1 aromatic carbocycles. The first-order chi connectivity index (χ1) is 9.69. The van der Waals surface area contributed by atoms with Gasteiger partial charge in [-0.25, -0.2) is 0 Å². The molecule has 1 unspecified atom stereocenters. The Hall–Kier alpha value is -1.55. The third kappa shape index (κ3) is 2.96. The Morgan fingerprint density at radius 3 is 2.45 bits per heavy atom. The lowest BCUT2D eigenvalue weighted by molar-refractivity contribution is -0.122. The molecular formula is C16H23N3O. The average molecular weight is 273 g/mol. The van der Waals surface area contributed by atoms with E-state index in [0.29, 0.717) is 18.6 Å². The summed E-state index contributed by atoms with van der Waals surface area (Å²) in [5.41, 5.74) is 7.89. The molecule has 3 rings (SSSR count). The van der Waals surface area contributed by atoms with Gasteiger partial charge in [0.15, 0.2) is 0 Å². The average Bonchev–Trinajstić information content (AvgIpc) is 3.34. The van der Waals surface area contributed by atoms with Gasteiger partial charge < -0.3 is 16.0 Å². The molecule has 0 aromatic heterocycles. The first-order valence-electron chi connectivity index (χ1n) is 7.56. The molecule has 0 aliphatic heterocycles. The molecule has 2 saturated carbocycles. The van der Waals surface area contributed by atoms with Crippen LogP contribution in [-0.4, -0.2) is 24.0 Å². The summed E-state index contributed by atoms with van der Waals surface area (Å²) in [4.78, 5) is 14.6. The van der Waals surface area contributed by atoms with Gasteiger partial charge in [0, 0.05) is 24.3 Å². The molecule has 4 nitrogen and oxygen atoms in total. The van der Waals surface area contributed by atoms with Gasteiger partial charge in [-0.2, -0.15) is 0 Å². The molecule has 1 atom stereocenters. The Labute approximate surface area is 120 Å². The van der Waals surface area contributed by atoms with Gasteiger partial charge in [0.2, 0.25) is 5.91 Å². The highest BCUT2D eigenvalue weighted by Crippen LogP contribution is 2.34. The van der Waals surface area contributed by atoms with E-state index in [1.807, 2.05) is 6.92 Å². The second-order valence-corrected chi connectivity index (χ2v) is 5.97. The lowest BCUT2D eigenvalue weighted by atomic mass is 10.1. The minimum Gasteiger partial charge on any atom is -0.357 e. The van der Waals surface area contributed by atoms with E-state index < -0.39 is 0 Å². The zero-order chi connectivity index (χ0) is 14.1. The summed E-state index contributed by atoms with van der Waals surface area (Å²) in [5.74, 6) is 0.155. The fourth-order valence-electron chi connectivity index (χ4n) is 2.58. The van der Waals surface area contributed by atoms with Crippen LogP contribution in [0.3, 0.4) is 0 Å². The maximum absolute atomic E-state index is 12.3. The highest BCUT2D eigenvalue weighted by Gasteiger charge is 2.36. The SMILES string of the molecule is CC(C(=O)NC1CC1)N(c1ccc(CN)cc1)C1CC1. The molecule has 0 saturated heterocycles. The largest absolute Gasteiger partial charge is 0.357 e. The van der Waals surface area contributed by atoms with Crippen molar-refractivity contribution in [3.05, 3.63) is 29.8 Å². The topological polar surface area (TPSA) is 58.4 Å². The van der Waals surface area contributed by atoms with Gasteiger partial charge in [0.1, 0.15) is 6.04 Å². The zero-order valence-electron chi connectivity index (χ0n) is 12.0. The molecule has 2 fully saturated rings. The number of anilines is 1. The van der Waals surface area contributed by atoms with Crippen LogP contribution in [0.2, 0.25) is 0 Å². The van der Waals surface area contributed by atoms with E-state index in [0.717, 1.165) is 24.1 Å². The van der Waals surface area contributed by atoms with Crippen molar-refractivity contribution < 1.29 is 4.79 Å². The van der Waals surface area contributed by atoms with Crippen LogP contribution in [0.4, 0.5) is 5.69 Å². The molecule has 2 aliphatic carbocycles. The highest BCUT2D eigenvalue weighted by atomic mass is 16.2. The van der Waals surface area contributed by atoms with E-state index >= 15 is 0 Å². The number of hydrogen-bond acceptors (Lipinski definition) is 3. The number of carbonyl (C=O) groups is 1. The van der Waals surface area contributed by atoms with Gasteiger partial charge in [-0.3, -0.25) is 4.79 Å². The molecule has 0 spiro atoms. The van der Waals surface area contributed by atoms with Crippen molar-refractivity contribution in [1.82, 2.24) is 5.32 Å². The fraction of sp³-hybridized carbons (Fsp3) is 0.562. The zero-order valence-corrected chi connectivity index (χ0v) is 12.0. The first-order valence-corrected chi connectivity index (χ1v) is 7.56. The Kier molecular flexibility index (Phi) is 3.66. The van der Waals surface area contributed by atoms with Crippen molar-refractivity contribution in [2.45, 2.75) is 57.3 Å². The molecule has 3 N–H and O–H groups in total. The maximum atomic E-state index is 12.3. The summed E-state index contributed by atoms with van der Waals surface area (Å²) in [6.45, 7) is 2.56. The molecule has 0 bridgehead atoms. The Bertz CT molecular complexity index is 477. The van der Waals surface area contributed by atoms with E-state index in [4.69, 9.17) is 5.73 Å². The number of carbonyl (C=O) groups excluding carboxylic acids is 1. The van der Waals surface area contributed by atoms with Gasteiger partial charge in [0.25, 0.3) is 0 Å².